The third-order valence-electron chi connectivity index (χ3n) is 3.79. The predicted molar refractivity (Wildman–Crippen MR) is 80.1 cm³/mol. The molecule has 1 amide bonds. The zero-order valence-corrected chi connectivity index (χ0v) is 12.0. The summed E-state index contributed by atoms with van der Waals surface area (Å²) in [5.41, 5.74) is 1.06. The third kappa shape index (κ3) is 5.15. The second-order valence-corrected chi connectivity index (χ2v) is 5.39. The second-order valence-electron chi connectivity index (χ2n) is 5.39. The Bertz CT molecular complexity index is 481. The van der Waals surface area contributed by atoms with Crippen molar-refractivity contribution in [2.45, 2.75) is 38.1 Å². The van der Waals surface area contributed by atoms with Gasteiger partial charge in [0.25, 0.3) is 5.69 Å². The molecule has 114 valence electrons. The number of amides is 1. The normalized spacial score (nSPS) is 15.0. The maximum absolute atomic E-state index is 11.7. The Hall–Kier alpha value is -1.95. The van der Waals surface area contributed by atoms with E-state index in [0.29, 0.717) is 25.6 Å². The van der Waals surface area contributed by atoms with E-state index in [-0.39, 0.29) is 11.6 Å². The van der Waals surface area contributed by atoms with Crippen molar-refractivity contribution in [2.75, 3.05) is 13.1 Å². The van der Waals surface area contributed by atoms with Crippen molar-refractivity contribution in [2.24, 2.45) is 0 Å². The van der Waals surface area contributed by atoms with Gasteiger partial charge in [-0.3, -0.25) is 14.9 Å². The van der Waals surface area contributed by atoms with Crippen molar-refractivity contribution < 1.29 is 9.72 Å². The standard InChI is InChI=1S/C15H21N3O3/c19-15(11-17-13-3-1-2-4-13)16-10-9-12-5-7-14(8-6-12)18(20)21/h5-8,13,17H,1-4,9-11H2,(H,16,19). The minimum Gasteiger partial charge on any atom is -0.355 e. The van der Waals surface area contributed by atoms with E-state index in [2.05, 4.69) is 10.6 Å². The monoisotopic (exact) mass is 291 g/mol. The Morgan fingerprint density at radius 2 is 1.90 bits per heavy atom. The number of nitrogens with one attached hydrogen (secondary N) is 2. The van der Waals surface area contributed by atoms with Gasteiger partial charge in [0.1, 0.15) is 0 Å². The first-order valence-electron chi connectivity index (χ1n) is 7.38. The van der Waals surface area contributed by atoms with Crippen molar-refractivity contribution in [1.82, 2.24) is 10.6 Å². The number of hydrogen-bond acceptors (Lipinski definition) is 4. The third-order valence-corrected chi connectivity index (χ3v) is 3.79. The Labute approximate surface area is 124 Å². The lowest BCUT2D eigenvalue weighted by molar-refractivity contribution is -0.384. The summed E-state index contributed by atoms with van der Waals surface area (Å²) in [6.07, 6.45) is 5.50. The van der Waals surface area contributed by atoms with E-state index >= 15 is 0 Å². The van der Waals surface area contributed by atoms with Crippen LogP contribution in [-0.2, 0) is 11.2 Å². The van der Waals surface area contributed by atoms with Crippen molar-refractivity contribution in [3.05, 3.63) is 39.9 Å². The summed E-state index contributed by atoms with van der Waals surface area (Å²) in [7, 11) is 0. The molecule has 0 spiro atoms. The van der Waals surface area contributed by atoms with Crippen LogP contribution in [0.15, 0.2) is 24.3 Å². The maximum Gasteiger partial charge on any atom is 0.269 e. The molecule has 1 aliphatic rings. The highest BCUT2D eigenvalue weighted by molar-refractivity contribution is 5.78. The van der Waals surface area contributed by atoms with Crippen LogP contribution in [0.4, 0.5) is 5.69 Å². The van der Waals surface area contributed by atoms with Crippen LogP contribution >= 0.6 is 0 Å². The van der Waals surface area contributed by atoms with Crippen LogP contribution < -0.4 is 10.6 Å². The predicted octanol–water partition coefficient (Wildman–Crippen LogP) is 1.79. The lowest BCUT2D eigenvalue weighted by Gasteiger charge is -2.11. The summed E-state index contributed by atoms with van der Waals surface area (Å²) < 4.78 is 0. The van der Waals surface area contributed by atoms with Crippen LogP contribution in [-0.4, -0.2) is 30.0 Å². The van der Waals surface area contributed by atoms with E-state index in [1.165, 1.54) is 25.0 Å². The van der Waals surface area contributed by atoms with Crippen molar-refractivity contribution in [3.8, 4) is 0 Å². The molecule has 0 aliphatic heterocycles. The van der Waals surface area contributed by atoms with Gasteiger partial charge in [0.2, 0.25) is 5.91 Å². The average Bonchev–Trinajstić information content (AvgIpc) is 2.99. The molecule has 0 radical (unpaired) electrons. The van der Waals surface area contributed by atoms with Gasteiger partial charge < -0.3 is 10.6 Å². The first kappa shape index (κ1) is 15.4. The molecule has 0 heterocycles. The zero-order valence-electron chi connectivity index (χ0n) is 12.0. The number of non-ortho nitro benzene ring substituents is 1. The van der Waals surface area contributed by atoms with Crippen LogP contribution in [0.3, 0.4) is 0 Å². The first-order valence-corrected chi connectivity index (χ1v) is 7.38. The molecule has 6 heteroatoms. The van der Waals surface area contributed by atoms with Gasteiger partial charge in [-0.2, -0.15) is 0 Å². The van der Waals surface area contributed by atoms with Gasteiger partial charge in [-0.25, -0.2) is 0 Å². The SMILES string of the molecule is O=C(CNC1CCCC1)NCCc1ccc([N+](=O)[O-])cc1. The van der Waals surface area contributed by atoms with E-state index in [4.69, 9.17) is 0 Å². The first-order chi connectivity index (χ1) is 10.1. The number of carbonyl (C=O) groups is 1. The second kappa shape index (κ2) is 7.73. The number of nitrogens with zero attached hydrogens (tertiary/aromatic N) is 1. The summed E-state index contributed by atoms with van der Waals surface area (Å²) in [6, 6.07) is 6.91. The number of benzene rings is 1. The smallest absolute Gasteiger partial charge is 0.269 e. The number of hydrogen-bond donors (Lipinski definition) is 2. The van der Waals surface area contributed by atoms with Crippen LogP contribution in [0.25, 0.3) is 0 Å². The van der Waals surface area contributed by atoms with Gasteiger partial charge in [-0.15, -0.1) is 0 Å². The molecule has 1 aliphatic carbocycles. The molecular weight excluding hydrogens is 270 g/mol. The summed E-state index contributed by atoms with van der Waals surface area (Å²) in [5.74, 6) is 0.00353. The zero-order chi connectivity index (χ0) is 15.1. The highest BCUT2D eigenvalue weighted by atomic mass is 16.6. The molecular formula is C15H21N3O3. The molecule has 2 N–H and O–H groups in total. The van der Waals surface area contributed by atoms with Crippen LogP contribution in [0, 0.1) is 10.1 Å². The fraction of sp³-hybridized carbons (Fsp3) is 0.533. The van der Waals surface area contributed by atoms with Gasteiger partial charge in [0.15, 0.2) is 0 Å². The van der Waals surface area contributed by atoms with Crippen molar-refractivity contribution >= 4 is 11.6 Å². The van der Waals surface area contributed by atoms with E-state index in [9.17, 15) is 14.9 Å². The van der Waals surface area contributed by atoms with E-state index in [1.807, 2.05) is 0 Å². The molecule has 1 saturated carbocycles. The van der Waals surface area contributed by atoms with Crippen molar-refractivity contribution in [1.29, 1.82) is 0 Å². The molecule has 0 saturated heterocycles. The number of carbonyl (C=O) groups excluding carboxylic acids is 1. The maximum atomic E-state index is 11.7. The molecule has 0 bridgehead atoms. The lowest BCUT2D eigenvalue weighted by Crippen LogP contribution is -2.38. The molecule has 6 nitrogen and oxygen atoms in total. The number of rotatable bonds is 7. The highest BCUT2D eigenvalue weighted by Gasteiger charge is 2.14. The van der Waals surface area contributed by atoms with Gasteiger partial charge in [-0.05, 0) is 24.8 Å². The summed E-state index contributed by atoms with van der Waals surface area (Å²) in [5, 5.41) is 16.7. The minimum atomic E-state index is -0.416. The number of nitro benzene ring substituents is 1. The summed E-state index contributed by atoms with van der Waals surface area (Å²) in [4.78, 5) is 21.8. The largest absolute Gasteiger partial charge is 0.355 e. The quantitative estimate of drug-likeness (QED) is 0.592. The molecule has 0 unspecified atom stereocenters. The van der Waals surface area contributed by atoms with Crippen LogP contribution in [0.2, 0.25) is 0 Å². The molecule has 1 aromatic rings. The van der Waals surface area contributed by atoms with Crippen LogP contribution in [0.1, 0.15) is 31.2 Å². The van der Waals surface area contributed by atoms with Gasteiger partial charge in [-0.1, -0.05) is 25.0 Å². The van der Waals surface area contributed by atoms with Crippen LogP contribution in [0.5, 0.6) is 0 Å². The van der Waals surface area contributed by atoms with Gasteiger partial charge >= 0.3 is 0 Å². The average molecular weight is 291 g/mol. The Morgan fingerprint density at radius 1 is 1.24 bits per heavy atom. The number of nitro groups is 1. The Balaban J connectivity index is 1.63. The Kier molecular flexibility index (Phi) is 5.68. The van der Waals surface area contributed by atoms with Gasteiger partial charge in [0, 0.05) is 24.7 Å². The molecule has 2 rings (SSSR count). The van der Waals surface area contributed by atoms with E-state index in [1.54, 1.807) is 12.1 Å². The summed E-state index contributed by atoms with van der Waals surface area (Å²) in [6.45, 7) is 0.911. The van der Waals surface area contributed by atoms with Gasteiger partial charge in [0.05, 0.1) is 11.5 Å². The molecule has 0 aromatic heterocycles. The molecule has 21 heavy (non-hydrogen) atoms. The Morgan fingerprint density at radius 3 is 2.52 bits per heavy atom. The topological polar surface area (TPSA) is 84.3 Å². The minimum absolute atomic E-state index is 0.00353. The van der Waals surface area contributed by atoms with Crippen molar-refractivity contribution in [3.63, 3.8) is 0 Å². The fourth-order valence-corrected chi connectivity index (χ4v) is 2.56. The van der Waals surface area contributed by atoms with E-state index in [0.717, 1.165) is 18.4 Å². The fourth-order valence-electron chi connectivity index (χ4n) is 2.56. The lowest BCUT2D eigenvalue weighted by atomic mass is 10.1. The molecule has 1 fully saturated rings. The molecule has 0 atom stereocenters. The molecule has 1 aromatic carbocycles. The highest BCUT2D eigenvalue weighted by Crippen LogP contribution is 2.17. The van der Waals surface area contributed by atoms with E-state index < -0.39 is 4.92 Å². The summed E-state index contributed by atoms with van der Waals surface area (Å²) >= 11 is 0.